The van der Waals surface area contributed by atoms with Crippen molar-refractivity contribution in [1.29, 1.82) is 0 Å². The average molecular weight is 575 g/mol. The van der Waals surface area contributed by atoms with Crippen molar-refractivity contribution >= 4 is 56.4 Å². The quantitative estimate of drug-likeness (QED) is 0.340. The van der Waals surface area contributed by atoms with E-state index in [1.54, 1.807) is 37.3 Å². The molecule has 11 heteroatoms. The van der Waals surface area contributed by atoms with Crippen LogP contribution in [0.5, 0.6) is 0 Å². The highest BCUT2D eigenvalue weighted by atomic mass is 127. The maximum atomic E-state index is 14.7. The van der Waals surface area contributed by atoms with Crippen molar-refractivity contribution in [1.82, 2.24) is 30.0 Å². The van der Waals surface area contributed by atoms with E-state index >= 15 is 0 Å². The lowest BCUT2D eigenvalue weighted by Crippen LogP contribution is -2.41. The number of hydrogen-bond donors (Lipinski definition) is 2. The summed E-state index contributed by atoms with van der Waals surface area (Å²) in [5.41, 5.74) is 0.859. The first-order chi connectivity index (χ1) is 16.4. The summed E-state index contributed by atoms with van der Waals surface area (Å²) in [6.07, 6.45) is 5.39. The standard InChI is InChI=1S/C23H23FIN7O2/c1-26-21(33)23(12-34-2)6-5-14(10-23)29-22-28-11-16-19(25)31-32(20(16)30-22)15-8-13-4-3-7-27-18(13)17(24)9-15/h3-4,7-9,11,14H,5-6,10,12H2,1-2H3,(H,26,33)(H,28,29,30)/t14-,23-/m1/s1. The minimum absolute atomic E-state index is 0.0181. The first kappa shape index (κ1) is 22.8. The molecule has 9 nitrogen and oxygen atoms in total. The van der Waals surface area contributed by atoms with Crippen LogP contribution in [0.25, 0.3) is 27.6 Å². The summed E-state index contributed by atoms with van der Waals surface area (Å²) in [5, 5.41) is 12.2. The number of hydrogen-bond acceptors (Lipinski definition) is 7. The van der Waals surface area contributed by atoms with Gasteiger partial charge in [-0.05, 0) is 54.0 Å². The van der Waals surface area contributed by atoms with Crippen LogP contribution in [0.3, 0.4) is 0 Å². The number of fused-ring (bicyclic) bond motifs is 2. The summed E-state index contributed by atoms with van der Waals surface area (Å²) in [4.78, 5) is 25.8. The molecule has 2 atom stereocenters. The average Bonchev–Trinajstić information content (AvgIpc) is 3.40. The fraction of sp³-hybridized carbons (Fsp3) is 0.348. The third-order valence-electron chi connectivity index (χ3n) is 6.34. The van der Waals surface area contributed by atoms with Gasteiger partial charge in [0.25, 0.3) is 0 Å². The van der Waals surface area contributed by atoms with Gasteiger partial charge in [-0.3, -0.25) is 9.78 Å². The second kappa shape index (κ2) is 9.02. The Hall–Kier alpha value is -2.93. The van der Waals surface area contributed by atoms with Gasteiger partial charge in [-0.2, -0.15) is 10.1 Å². The first-order valence-electron chi connectivity index (χ1n) is 10.9. The Kier molecular flexibility index (Phi) is 6.06. The molecule has 3 aromatic heterocycles. The van der Waals surface area contributed by atoms with E-state index in [2.05, 4.69) is 48.3 Å². The summed E-state index contributed by atoms with van der Waals surface area (Å²) in [6.45, 7) is 0.359. The lowest BCUT2D eigenvalue weighted by atomic mass is 9.86. The van der Waals surface area contributed by atoms with E-state index in [1.165, 1.54) is 6.07 Å². The molecule has 0 bridgehead atoms. The zero-order valence-electron chi connectivity index (χ0n) is 18.7. The Balaban J connectivity index is 1.48. The van der Waals surface area contributed by atoms with E-state index in [9.17, 15) is 9.18 Å². The third kappa shape index (κ3) is 3.96. The van der Waals surface area contributed by atoms with E-state index in [0.29, 0.717) is 51.3 Å². The van der Waals surface area contributed by atoms with Crippen molar-refractivity contribution in [2.24, 2.45) is 5.41 Å². The van der Waals surface area contributed by atoms with E-state index in [1.807, 2.05) is 12.1 Å². The van der Waals surface area contributed by atoms with Gasteiger partial charge in [-0.1, -0.05) is 6.07 Å². The minimum Gasteiger partial charge on any atom is -0.384 e. The van der Waals surface area contributed by atoms with Gasteiger partial charge in [-0.25, -0.2) is 14.1 Å². The second-order valence-corrected chi connectivity index (χ2v) is 9.53. The molecule has 176 valence electrons. The number of ether oxygens (including phenoxy) is 1. The van der Waals surface area contributed by atoms with Crippen LogP contribution in [-0.2, 0) is 9.53 Å². The lowest BCUT2D eigenvalue weighted by molar-refractivity contribution is -0.133. The molecule has 1 amide bonds. The molecular formula is C23H23FIN7O2. The predicted molar refractivity (Wildman–Crippen MR) is 134 cm³/mol. The number of anilines is 1. The van der Waals surface area contributed by atoms with Crippen LogP contribution in [0.4, 0.5) is 10.3 Å². The maximum absolute atomic E-state index is 14.7. The Morgan fingerprint density at radius 2 is 2.24 bits per heavy atom. The largest absolute Gasteiger partial charge is 0.384 e. The van der Waals surface area contributed by atoms with E-state index in [4.69, 9.17) is 9.72 Å². The Labute approximate surface area is 208 Å². The van der Waals surface area contributed by atoms with Crippen molar-refractivity contribution in [2.75, 3.05) is 26.1 Å². The molecule has 1 aromatic carbocycles. The smallest absolute Gasteiger partial charge is 0.228 e. The number of nitrogens with zero attached hydrogens (tertiary/aromatic N) is 5. The molecule has 1 fully saturated rings. The van der Waals surface area contributed by atoms with Gasteiger partial charge in [0.1, 0.15) is 9.22 Å². The van der Waals surface area contributed by atoms with Gasteiger partial charge >= 0.3 is 0 Å². The molecule has 1 aliphatic rings. The Morgan fingerprint density at radius 1 is 1.38 bits per heavy atom. The Morgan fingerprint density at radius 3 is 3.03 bits per heavy atom. The molecule has 34 heavy (non-hydrogen) atoms. The van der Waals surface area contributed by atoms with Crippen LogP contribution in [0.2, 0.25) is 0 Å². The maximum Gasteiger partial charge on any atom is 0.228 e. The first-order valence-corrected chi connectivity index (χ1v) is 12.0. The zero-order valence-corrected chi connectivity index (χ0v) is 20.8. The number of amides is 1. The summed E-state index contributed by atoms with van der Waals surface area (Å²) < 4.78 is 22.4. The molecule has 0 spiro atoms. The molecule has 0 saturated heterocycles. The van der Waals surface area contributed by atoms with Crippen molar-refractivity contribution in [3.63, 3.8) is 0 Å². The van der Waals surface area contributed by atoms with Crippen LogP contribution in [0, 0.1) is 14.9 Å². The number of halogens is 2. The normalized spacial score (nSPS) is 20.2. The highest BCUT2D eigenvalue weighted by Gasteiger charge is 2.45. The Bertz CT molecular complexity index is 1390. The molecule has 1 saturated carbocycles. The van der Waals surface area contributed by atoms with Crippen LogP contribution >= 0.6 is 22.6 Å². The van der Waals surface area contributed by atoms with E-state index in [-0.39, 0.29) is 11.9 Å². The second-order valence-electron chi connectivity index (χ2n) is 8.51. The number of carbonyl (C=O) groups is 1. The number of rotatable bonds is 6. The summed E-state index contributed by atoms with van der Waals surface area (Å²) in [7, 11) is 3.25. The summed E-state index contributed by atoms with van der Waals surface area (Å²) >= 11 is 2.12. The van der Waals surface area contributed by atoms with Crippen LogP contribution in [0.1, 0.15) is 19.3 Å². The summed E-state index contributed by atoms with van der Waals surface area (Å²) in [5.74, 6) is -0.00706. The highest BCUT2D eigenvalue weighted by Crippen LogP contribution is 2.40. The number of methoxy groups -OCH3 is 1. The van der Waals surface area contributed by atoms with Gasteiger partial charge in [0, 0.05) is 44.0 Å². The SMILES string of the molecule is CNC(=O)[C@]1(COC)CC[C@@H](Nc2ncc3c(I)nn(-c4cc(F)c5ncccc5c4)c3n2)C1. The molecule has 3 heterocycles. The highest BCUT2D eigenvalue weighted by molar-refractivity contribution is 14.1. The van der Waals surface area contributed by atoms with Gasteiger partial charge in [0.15, 0.2) is 11.5 Å². The van der Waals surface area contributed by atoms with Gasteiger partial charge in [0.05, 0.1) is 23.1 Å². The number of nitrogens with one attached hydrogen (secondary N) is 2. The fourth-order valence-electron chi connectivity index (χ4n) is 4.75. The van der Waals surface area contributed by atoms with Crippen molar-refractivity contribution in [3.05, 3.63) is 46.2 Å². The third-order valence-corrected chi connectivity index (χ3v) is 7.13. The molecule has 1 aliphatic carbocycles. The summed E-state index contributed by atoms with van der Waals surface area (Å²) in [6, 6.07) is 6.84. The fourth-order valence-corrected chi connectivity index (χ4v) is 5.35. The van der Waals surface area contributed by atoms with Gasteiger partial charge in [0.2, 0.25) is 11.9 Å². The van der Waals surface area contributed by atoms with Gasteiger partial charge < -0.3 is 15.4 Å². The van der Waals surface area contributed by atoms with Crippen molar-refractivity contribution < 1.29 is 13.9 Å². The van der Waals surface area contributed by atoms with Crippen molar-refractivity contribution in [2.45, 2.75) is 25.3 Å². The molecule has 0 radical (unpaired) electrons. The van der Waals surface area contributed by atoms with E-state index in [0.717, 1.165) is 11.8 Å². The van der Waals surface area contributed by atoms with Crippen LogP contribution in [0.15, 0.2) is 36.7 Å². The molecule has 2 N–H and O–H groups in total. The van der Waals surface area contributed by atoms with Gasteiger partial charge in [-0.15, -0.1) is 0 Å². The van der Waals surface area contributed by atoms with Crippen molar-refractivity contribution in [3.8, 4) is 5.69 Å². The zero-order chi connectivity index (χ0) is 23.9. The monoisotopic (exact) mass is 575 g/mol. The number of aromatic nitrogens is 5. The molecule has 5 rings (SSSR count). The van der Waals surface area contributed by atoms with E-state index < -0.39 is 11.2 Å². The molecule has 4 aromatic rings. The lowest BCUT2D eigenvalue weighted by Gasteiger charge is -2.26. The molecule has 0 unspecified atom stereocenters. The molecular weight excluding hydrogens is 552 g/mol. The topological polar surface area (TPSA) is 107 Å². The molecule has 0 aliphatic heterocycles. The number of pyridine rings is 1. The van der Waals surface area contributed by atoms with Crippen LogP contribution in [-0.4, -0.2) is 57.4 Å². The number of benzene rings is 1. The minimum atomic E-state index is -0.570. The number of carbonyl (C=O) groups excluding carboxylic acids is 1. The predicted octanol–water partition coefficient (Wildman–Crippen LogP) is 3.45. The van der Waals surface area contributed by atoms with Crippen LogP contribution < -0.4 is 10.6 Å².